The molecule has 3 aromatic rings. The number of pyridine rings is 1. The lowest BCUT2D eigenvalue weighted by molar-refractivity contribution is -0.135. The molecule has 0 saturated carbocycles. The van der Waals surface area contributed by atoms with Gasteiger partial charge in [0.15, 0.2) is 0 Å². The standard InChI is InChI=1S/C19H15NO4/c1-23-15-9-5-3-6-11(15)13-10-16(21)24-18-12-7-2-4-8-14(12)20-19(22)17(13)18/h2-9,13H,10H2,1H3,(H,20,22). The molecule has 2 aromatic carbocycles. The summed E-state index contributed by atoms with van der Waals surface area (Å²) in [6.07, 6.45) is 0.106. The zero-order valence-electron chi connectivity index (χ0n) is 13.0. The van der Waals surface area contributed by atoms with E-state index >= 15 is 0 Å². The number of hydrogen-bond acceptors (Lipinski definition) is 4. The lowest BCUT2D eigenvalue weighted by atomic mass is 9.86. The normalized spacial score (nSPS) is 16.5. The molecule has 0 aliphatic carbocycles. The third-order valence-electron chi connectivity index (χ3n) is 4.36. The molecule has 0 amide bonds. The predicted octanol–water partition coefficient (Wildman–Crippen LogP) is 2.98. The fraction of sp³-hybridized carbons (Fsp3) is 0.158. The summed E-state index contributed by atoms with van der Waals surface area (Å²) in [5.41, 5.74) is 1.68. The monoisotopic (exact) mass is 321 g/mol. The number of benzene rings is 2. The molecule has 1 N–H and O–H groups in total. The highest BCUT2D eigenvalue weighted by Gasteiger charge is 2.34. The molecule has 1 aliphatic heterocycles. The van der Waals surface area contributed by atoms with Gasteiger partial charge in [0, 0.05) is 16.9 Å². The van der Waals surface area contributed by atoms with E-state index in [2.05, 4.69) is 4.98 Å². The first-order valence-electron chi connectivity index (χ1n) is 7.67. The molecule has 1 aromatic heterocycles. The molecule has 5 nitrogen and oxygen atoms in total. The van der Waals surface area contributed by atoms with Gasteiger partial charge in [-0.1, -0.05) is 30.3 Å². The Kier molecular flexibility index (Phi) is 3.34. The van der Waals surface area contributed by atoms with Crippen molar-refractivity contribution in [2.75, 3.05) is 7.11 Å². The van der Waals surface area contributed by atoms with E-state index in [0.717, 1.165) is 10.9 Å². The molecule has 0 radical (unpaired) electrons. The van der Waals surface area contributed by atoms with Gasteiger partial charge in [-0.2, -0.15) is 0 Å². The predicted molar refractivity (Wildman–Crippen MR) is 89.7 cm³/mol. The number of para-hydroxylation sites is 2. The first kappa shape index (κ1) is 14.5. The molecule has 2 heterocycles. The van der Waals surface area contributed by atoms with E-state index in [1.54, 1.807) is 13.2 Å². The molecule has 0 spiro atoms. The number of methoxy groups -OCH3 is 1. The number of carbonyl (C=O) groups excluding carboxylic acids is 1. The summed E-state index contributed by atoms with van der Waals surface area (Å²) in [5.74, 6) is 0.247. The van der Waals surface area contributed by atoms with Crippen LogP contribution in [0.3, 0.4) is 0 Å². The van der Waals surface area contributed by atoms with Gasteiger partial charge in [0.1, 0.15) is 11.5 Å². The Hall–Kier alpha value is -3.08. The SMILES string of the molecule is COc1ccccc1C1CC(=O)Oc2c1c(=O)[nH]c1ccccc21. The Bertz CT molecular complexity index is 1010. The Labute approximate surface area is 137 Å². The van der Waals surface area contributed by atoms with Crippen LogP contribution in [0.1, 0.15) is 23.5 Å². The molecular weight excluding hydrogens is 306 g/mol. The van der Waals surface area contributed by atoms with Crippen molar-refractivity contribution in [1.82, 2.24) is 4.98 Å². The van der Waals surface area contributed by atoms with Crippen LogP contribution in [0.5, 0.6) is 11.5 Å². The van der Waals surface area contributed by atoms with E-state index in [1.165, 1.54) is 0 Å². The average molecular weight is 321 g/mol. The summed E-state index contributed by atoms with van der Waals surface area (Å²) < 4.78 is 10.9. The number of H-pyrrole nitrogens is 1. The quantitative estimate of drug-likeness (QED) is 0.737. The van der Waals surface area contributed by atoms with Crippen LogP contribution in [0.25, 0.3) is 10.9 Å². The van der Waals surface area contributed by atoms with Crippen molar-refractivity contribution in [2.45, 2.75) is 12.3 Å². The minimum absolute atomic E-state index is 0.106. The highest BCUT2D eigenvalue weighted by molar-refractivity contribution is 5.91. The van der Waals surface area contributed by atoms with Crippen LogP contribution >= 0.6 is 0 Å². The molecule has 1 aliphatic rings. The van der Waals surface area contributed by atoms with Crippen molar-refractivity contribution >= 4 is 16.9 Å². The van der Waals surface area contributed by atoms with E-state index < -0.39 is 5.92 Å². The summed E-state index contributed by atoms with van der Waals surface area (Å²) in [5, 5.41) is 0.722. The van der Waals surface area contributed by atoms with Crippen molar-refractivity contribution in [3.63, 3.8) is 0 Å². The first-order chi connectivity index (χ1) is 11.7. The molecule has 0 fully saturated rings. The van der Waals surface area contributed by atoms with Crippen molar-refractivity contribution in [3.8, 4) is 11.5 Å². The minimum atomic E-state index is -0.397. The summed E-state index contributed by atoms with van der Waals surface area (Å²) in [6, 6.07) is 14.7. The van der Waals surface area contributed by atoms with Crippen molar-refractivity contribution in [3.05, 3.63) is 70.0 Å². The summed E-state index contributed by atoms with van der Waals surface area (Å²) in [7, 11) is 1.57. The summed E-state index contributed by atoms with van der Waals surface area (Å²) >= 11 is 0. The molecule has 1 unspecified atom stereocenters. The third kappa shape index (κ3) is 2.17. The molecule has 0 bridgehead atoms. The van der Waals surface area contributed by atoms with Crippen LogP contribution in [-0.2, 0) is 4.79 Å². The van der Waals surface area contributed by atoms with Crippen LogP contribution in [0.4, 0.5) is 0 Å². The molecule has 24 heavy (non-hydrogen) atoms. The van der Waals surface area contributed by atoms with Crippen LogP contribution in [0.2, 0.25) is 0 Å². The number of esters is 1. The lowest BCUT2D eigenvalue weighted by Crippen LogP contribution is -2.28. The van der Waals surface area contributed by atoms with Gasteiger partial charge in [-0.25, -0.2) is 0 Å². The summed E-state index contributed by atoms with van der Waals surface area (Å²) in [4.78, 5) is 27.8. The molecule has 5 heteroatoms. The smallest absolute Gasteiger partial charge is 0.312 e. The maximum atomic E-state index is 12.7. The van der Waals surface area contributed by atoms with Gasteiger partial charge in [-0.15, -0.1) is 0 Å². The van der Waals surface area contributed by atoms with Gasteiger partial charge in [0.25, 0.3) is 5.56 Å². The molecule has 120 valence electrons. The highest BCUT2D eigenvalue weighted by atomic mass is 16.5. The largest absolute Gasteiger partial charge is 0.496 e. The number of rotatable bonds is 2. The van der Waals surface area contributed by atoms with E-state index in [0.29, 0.717) is 22.6 Å². The number of fused-ring (bicyclic) bond motifs is 3. The molecule has 4 rings (SSSR count). The fourth-order valence-corrected chi connectivity index (χ4v) is 3.30. The second-order valence-electron chi connectivity index (χ2n) is 5.72. The Balaban J connectivity index is 2.03. The van der Waals surface area contributed by atoms with E-state index in [1.807, 2.05) is 42.5 Å². The zero-order valence-corrected chi connectivity index (χ0v) is 13.0. The van der Waals surface area contributed by atoms with Crippen molar-refractivity contribution in [2.24, 2.45) is 0 Å². The number of hydrogen-bond donors (Lipinski definition) is 1. The summed E-state index contributed by atoms with van der Waals surface area (Å²) in [6.45, 7) is 0. The Morgan fingerprint density at radius 3 is 2.67 bits per heavy atom. The van der Waals surface area contributed by atoms with Gasteiger partial charge in [0.05, 0.1) is 24.6 Å². The molecule has 1 atom stereocenters. The Morgan fingerprint density at radius 2 is 1.83 bits per heavy atom. The van der Waals surface area contributed by atoms with Crippen LogP contribution < -0.4 is 15.0 Å². The zero-order chi connectivity index (χ0) is 16.7. The number of carbonyl (C=O) groups is 1. The highest BCUT2D eigenvalue weighted by Crippen LogP contribution is 2.42. The van der Waals surface area contributed by atoms with Gasteiger partial charge >= 0.3 is 5.97 Å². The topological polar surface area (TPSA) is 68.4 Å². The Morgan fingerprint density at radius 1 is 1.08 bits per heavy atom. The van der Waals surface area contributed by atoms with Crippen LogP contribution in [0.15, 0.2) is 53.3 Å². The second-order valence-corrected chi connectivity index (χ2v) is 5.72. The van der Waals surface area contributed by atoms with Gasteiger partial charge in [-0.05, 0) is 18.2 Å². The van der Waals surface area contributed by atoms with Gasteiger partial charge in [0.2, 0.25) is 0 Å². The van der Waals surface area contributed by atoms with Crippen LogP contribution in [0, 0.1) is 0 Å². The second kappa shape index (κ2) is 5.53. The lowest BCUT2D eigenvalue weighted by Gasteiger charge is -2.26. The van der Waals surface area contributed by atoms with Crippen LogP contribution in [-0.4, -0.2) is 18.1 Å². The average Bonchev–Trinajstić information content (AvgIpc) is 2.61. The number of ether oxygens (including phenoxy) is 2. The molecule has 0 saturated heterocycles. The number of aromatic amines is 1. The van der Waals surface area contributed by atoms with Gasteiger partial charge < -0.3 is 14.5 Å². The van der Waals surface area contributed by atoms with E-state index in [4.69, 9.17) is 9.47 Å². The number of aromatic nitrogens is 1. The first-order valence-corrected chi connectivity index (χ1v) is 7.67. The third-order valence-corrected chi connectivity index (χ3v) is 4.36. The maximum absolute atomic E-state index is 12.7. The minimum Gasteiger partial charge on any atom is -0.496 e. The fourth-order valence-electron chi connectivity index (χ4n) is 3.30. The van der Waals surface area contributed by atoms with Gasteiger partial charge in [-0.3, -0.25) is 9.59 Å². The number of nitrogens with one attached hydrogen (secondary N) is 1. The maximum Gasteiger partial charge on any atom is 0.312 e. The van der Waals surface area contributed by atoms with E-state index in [9.17, 15) is 9.59 Å². The van der Waals surface area contributed by atoms with Crippen molar-refractivity contribution in [1.29, 1.82) is 0 Å². The molecular formula is C19H15NO4. The van der Waals surface area contributed by atoms with Crippen molar-refractivity contribution < 1.29 is 14.3 Å². The van der Waals surface area contributed by atoms with E-state index in [-0.39, 0.29) is 17.9 Å².